The van der Waals surface area contributed by atoms with E-state index in [9.17, 15) is 9.59 Å². The highest BCUT2D eigenvalue weighted by atomic mass is 32.2. The lowest BCUT2D eigenvalue weighted by molar-refractivity contribution is -0.159. The SMILES string of the molecule is Cc1cc(NC2CCC2)c2[nH]c(C3=NC(CC(=O)OC(=O)CC4CSC(c5cc6cc(C)cc(NC7CCOC7)c6[nH]5)=N4)CS3)cc2c1. The quantitative estimate of drug-likeness (QED) is 0.107. The zero-order valence-electron chi connectivity index (χ0n) is 27.2. The Balaban J connectivity index is 0.869. The standard InChI is InChI=1S/C36H40N6O4S2/c1-19-8-21-12-29(41-33(21)27(10-19)37-23-4-3-5-23)35-39-25(17-47-35)14-31(43)46-32(44)15-26-18-48-36(40-26)30-13-22-9-20(2)11-28(34(22)42-30)38-24-6-7-45-16-24/h8-13,23-26,37-38,41-42H,3-7,14-18H2,1-2H3. The fourth-order valence-electron chi connectivity index (χ4n) is 6.82. The lowest BCUT2D eigenvalue weighted by atomic mass is 9.93. The number of fused-ring (bicyclic) bond motifs is 2. The van der Waals surface area contributed by atoms with Gasteiger partial charge in [-0.2, -0.15) is 0 Å². The molecule has 3 unspecified atom stereocenters. The van der Waals surface area contributed by atoms with Crippen LogP contribution in [0.3, 0.4) is 0 Å². The smallest absolute Gasteiger partial charge is 0.315 e. The highest BCUT2D eigenvalue weighted by Gasteiger charge is 2.28. The number of nitrogens with one attached hydrogen (secondary N) is 4. The van der Waals surface area contributed by atoms with Crippen molar-refractivity contribution < 1.29 is 19.1 Å². The van der Waals surface area contributed by atoms with Gasteiger partial charge in [0.15, 0.2) is 0 Å². The number of hydrogen-bond donors (Lipinski definition) is 4. The summed E-state index contributed by atoms with van der Waals surface area (Å²) < 4.78 is 10.8. The Bertz CT molecular complexity index is 1950. The first-order valence-electron chi connectivity index (χ1n) is 16.9. The van der Waals surface area contributed by atoms with Crippen LogP contribution in [-0.4, -0.2) is 80.9 Å². The highest BCUT2D eigenvalue weighted by Crippen LogP contribution is 2.34. The third-order valence-electron chi connectivity index (χ3n) is 9.42. The number of nitrogens with zero attached hydrogens (tertiary/aromatic N) is 2. The monoisotopic (exact) mass is 684 g/mol. The fourth-order valence-corrected chi connectivity index (χ4v) is 8.88. The first-order chi connectivity index (χ1) is 23.3. The molecule has 0 amide bonds. The maximum absolute atomic E-state index is 12.8. The van der Waals surface area contributed by atoms with Crippen molar-refractivity contribution in [1.82, 2.24) is 9.97 Å². The minimum absolute atomic E-state index is 0.0652. The molecule has 3 aliphatic heterocycles. The van der Waals surface area contributed by atoms with Crippen molar-refractivity contribution in [3.8, 4) is 0 Å². The van der Waals surface area contributed by atoms with E-state index in [0.29, 0.717) is 30.2 Å². The van der Waals surface area contributed by atoms with Gasteiger partial charge in [-0.15, -0.1) is 23.5 Å². The van der Waals surface area contributed by atoms with Crippen LogP contribution in [-0.2, 0) is 19.1 Å². The van der Waals surface area contributed by atoms with Crippen molar-refractivity contribution in [3.05, 3.63) is 58.9 Å². The summed E-state index contributed by atoms with van der Waals surface area (Å²) in [5, 5.41) is 11.3. The van der Waals surface area contributed by atoms with E-state index in [1.807, 2.05) is 0 Å². The Morgan fingerprint density at radius 2 is 1.33 bits per heavy atom. The van der Waals surface area contributed by atoms with Gasteiger partial charge in [0, 0.05) is 34.9 Å². The van der Waals surface area contributed by atoms with Crippen molar-refractivity contribution in [2.75, 3.05) is 35.4 Å². The molecule has 1 saturated heterocycles. The molecule has 1 aliphatic carbocycles. The molecule has 0 spiro atoms. The number of anilines is 2. The molecule has 1 saturated carbocycles. The molecule has 12 heteroatoms. The van der Waals surface area contributed by atoms with Crippen LogP contribution in [0.4, 0.5) is 11.4 Å². The number of rotatable bonds is 10. The molecule has 0 bridgehead atoms. The van der Waals surface area contributed by atoms with Gasteiger partial charge in [0.25, 0.3) is 0 Å². The van der Waals surface area contributed by atoms with Crippen LogP contribution < -0.4 is 10.6 Å². The van der Waals surface area contributed by atoms with Crippen LogP contribution in [0.15, 0.2) is 46.4 Å². The van der Waals surface area contributed by atoms with E-state index in [4.69, 9.17) is 19.5 Å². The van der Waals surface area contributed by atoms with Crippen LogP contribution in [0.5, 0.6) is 0 Å². The number of H-pyrrole nitrogens is 2. The molecule has 10 nitrogen and oxygen atoms in total. The third-order valence-corrected chi connectivity index (χ3v) is 11.7. The molecule has 48 heavy (non-hydrogen) atoms. The summed E-state index contributed by atoms with van der Waals surface area (Å²) in [4.78, 5) is 42.3. The zero-order valence-corrected chi connectivity index (χ0v) is 28.8. The second-order valence-electron chi connectivity index (χ2n) is 13.4. The van der Waals surface area contributed by atoms with Crippen LogP contribution in [0.1, 0.15) is 61.0 Å². The van der Waals surface area contributed by atoms with Gasteiger partial charge >= 0.3 is 11.9 Å². The van der Waals surface area contributed by atoms with E-state index in [-0.39, 0.29) is 24.9 Å². The lowest BCUT2D eigenvalue weighted by Crippen LogP contribution is -2.27. The maximum Gasteiger partial charge on any atom is 0.315 e. The number of carbonyl (C=O) groups is 2. The molecule has 5 heterocycles. The van der Waals surface area contributed by atoms with Crippen molar-refractivity contribution in [2.45, 2.75) is 76.5 Å². The molecule has 2 aromatic carbocycles. The molecule has 2 aromatic heterocycles. The Morgan fingerprint density at radius 1 is 0.792 bits per heavy atom. The average molecular weight is 685 g/mol. The minimum atomic E-state index is -0.541. The molecule has 2 fully saturated rings. The van der Waals surface area contributed by atoms with Gasteiger partial charge in [-0.05, 0) is 87.1 Å². The van der Waals surface area contributed by atoms with E-state index in [2.05, 4.69) is 70.8 Å². The molecular formula is C36H40N6O4S2. The third kappa shape index (κ3) is 6.75. The van der Waals surface area contributed by atoms with Crippen molar-refractivity contribution >= 4 is 78.7 Å². The minimum Gasteiger partial charge on any atom is -0.393 e. The molecule has 0 radical (unpaired) electrons. The summed E-state index contributed by atoms with van der Waals surface area (Å²) in [5.74, 6) is 0.249. The number of benzene rings is 2. The number of thioether (sulfide) groups is 2. The fraction of sp³-hybridized carbons (Fsp3) is 0.444. The second-order valence-corrected chi connectivity index (χ2v) is 15.5. The topological polar surface area (TPSA) is 133 Å². The van der Waals surface area contributed by atoms with Crippen LogP contribution in [0.25, 0.3) is 21.8 Å². The second kappa shape index (κ2) is 13.3. The summed E-state index contributed by atoms with van der Waals surface area (Å²) in [6.45, 7) is 5.71. The first-order valence-corrected chi connectivity index (χ1v) is 18.8. The predicted octanol–water partition coefficient (Wildman–Crippen LogP) is 6.71. The number of carbonyl (C=O) groups excluding carboxylic acids is 2. The number of esters is 2. The number of hydrogen-bond acceptors (Lipinski definition) is 10. The number of aromatic amines is 2. The van der Waals surface area contributed by atoms with E-state index in [1.54, 1.807) is 23.5 Å². The normalized spacial score (nSPS) is 22.6. The lowest BCUT2D eigenvalue weighted by Gasteiger charge is -2.28. The van der Waals surface area contributed by atoms with E-state index in [1.165, 1.54) is 30.4 Å². The van der Waals surface area contributed by atoms with Crippen molar-refractivity contribution in [2.24, 2.45) is 9.98 Å². The molecule has 250 valence electrons. The number of aromatic nitrogens is 2. The number of aryl methyl sites for hydroxylation is 2. The van der Waals surface area contributed by atoms with Gasteiger partial charge in [0.05, 0.1) is 71.4 Å². The number of ether oxygens (including phenoxy) is 2. The highest BCUT2D eigenvalue weighted by molar-refractivity contribution is 8.15. The zero-order chi connectivity index (χ0) is 32.8. The van der Waals surface area contributed by atoms with Gasteiger partial charge in [0.1, 0.15) is 10.1 Å². The van der Waals surface area contributed by atoms with Gasteiger partial charge in [-0.25, -0.2) is 0 Å². The van der Waals surface area contributed by atoms with Crippen molar-refractivity contribution in [3.63, 3.8) is 0 Å². The van der Waals surface area contributed by atoms with Crippen molar-refractivity contribution in [1.29, 1.82) is 0 Å². The summed E-state index contributed by atoms with van der Waals surface area (Å²) in [7, 11) is 0. The molecule has 8 rings (SSSR count). The predicted molar refractivity (Wildman–Crippen MR) is 196 cm³/mol. The molecular weight excluding hydrogens is 645 g/mol. The Kier molecular flexibility index (Phi) is 8.72. The van der Waals surface area contributed by atoms with E-state index in [0.717, 1.165) is 67.7 Å². The van der Waals surface area contributed by atoms with Gasteiger partial charge in [0.2, 0.25) is 0 Å². The first kappa shape index (κ1) is 31.5. The largest absolute Gasteiger partial charge is 0.393 e. The molecule has 4 aromatic rings. The summed E-state index contributed by atoms with van der Waals surface area (Å²) >= 11 is 3.24. The maximum atomic E-state index is 12.8. The van der Waals surface area contributed by atoms with Gasteiger partial charge in [-0.1, -0.05) is 0 Å². The van der Waals surface area contributed by atoms with Crippen LogP contribution in [0.2, 0.25) is 0 Å². The van der Waals surface area contributed by atoms with Gasteiger partial charge < -0.3 is 30.1 Å². The molecule has 4 N–H and O–H groups in total. The summed E-state index contributed by atoms with van der Waals surface area (Å²) in [6.07, 6.45) is 4.82. The summed E-state index contributed by atoms with van der Waals surface area (Å²) in [6, 6.07) is 13.3. The summed E-state index contributed by atoms with van der Waals surface area (Å²) in [5.41, 5.74) is 8.61. The Hall–Kier alpha value is -3.74. The molecule has 3 atom stereocenters. The van der Waals surface area contributed by atoms with Crippen LogP contribution in [0, 0.1) is 13.8 Å². The van der Waals surface area contributed by atoms with Crippen LogP contribution >= 0.6 is 23.5 Å². The average Bonchev–Trinajstić information content (AvgIpc) is 3.85. The number of aliphatic imine (C=N–C) groups is 2. The Morgan fingerprint density at radius 3 is 1.81 bits per heavy atom. The van der Waals surface area contributed by atoms with Gasteiger partial charge in [-0.3, -0.25) is 19.6 Å². The van der Waals surface area contributed by atoms with E-state index >= 15 is 0 Å². The Labute approximate surface area is 287 Å². The molecule has 4 aliphatic rings. The van der Waals surface area contributed by atoms with E-state index < -0.39 is 11.9 Å².